The molecule has 0 spiro atoms. The largest absolute Gasteiger partial charge is 0.497 e. The number of hydrogen-bond donors (Lipinski definition) is 0. The van der Waals surface area contributed by atoms with Gasteiger partial charge < -0.3 is 9.47 Å². The van der Waals surface area contributed by atoms with Crippen molar-refractivity contribution in [1.29, 1.82) is 0 Å². The Balaban J connectivity index is 2.20. The van der Waals surface area contributed by atoms with E-state index in [2.05, 4.69) is 11.4 Å². The molecule has 0 aliphatic rings. The van der Waals surface area contributed by atoms with Crippen molar-refractivity contribution >= 4 is 22.9 Å². The average molecular weight is 283 g/mol. The van der Waals surface area contributed by atoms with Gasteiger partial charge in [0.05, 0.1) is 19.6 Å². The van der Waals surface area contributed by atoms with Crippen molar-refractivity contribution in [2.24, 2.45) is 0 Å². The maximum absolute atomic E-state index is 6.45. The highest BCUT2D eigenvalue weighted by Gasteiger charge is 2.12. The molecule has 1 unspecified atom stereocenters. The fraction of sp³-hybridized carbons (Fsp3) is 0.286. The van der Waals surface area contributed by atoms with Gasteiger partial charge in [-0.15, -0.1) is 22.9 Å². The van der Waals surface area contributed by atoms with Crippen LogP contribution in [-0.2, 0) is 6.42 Å². The Bertz CT molecular complexity index is 474. The van der Waals surface area contributed by atoms with Gasteiger partial charge in [0.25, 0.3) is 0 Å². The van der Waals surface area contributed by atoms with E-state index in [0.717, 1.165) is 23.5 Å². The maximum atomic E-state index is 6.45. The minimum atomic E-state index is -0.0763. The van der Waals surface area contributed by atoms with Crippen molar-refractivity contribution in [3.8, 4) is 11.5 Å². The van der Waals surface area contributed by atoms with Gasteiger partial charge in [-0.3, -0.25) is 0 Å². The zero-order chi connectivity index (χ0) is 13.0. The molecule has 4 heteroatoms. The fourth-order valence-corrected chi connectivity index (χ4v) is 2.87. The van der Waals surface area contributed by atoms with Crippen LogP contribution in [-0.4, -0.2) is 14.2 Å². The van der Waals surface area contributed by atoms with Gasteiger partial charge in [-0.05, 0) is 29.1 Å². The number of hydrogen-bond acceptors (Lipinski definition) is 3. The number of benzene rings is 1. The predicted molar refractivity (Wildman–Crippen MR) is 76.2 cm³/mol. The summed E-state index contributed by atoms with van der Waals surface area (Å²) in [6.45, 7) is 0. The Labute approximate surface area is 116 Å². The first kappa shape index (κ1) is 13.2. The molecular formula is C14H15ClO2S. The molecule has 0 saturated carbocycles. The smallest absolute Gasteiger partial charge is 0.122 e. The van der Waals surface area contributed by atoms with Crippen LogP contribution in [0.25, 0.3) is 0 Å². The van der Waals surface area contributed by atoms with E-state index in [1.165, 1.54) is 4.88 Å². The summed E-state index contributed by atoms with van der Waals surface area (Å²) in [5, 5.41) is 1.98. The van der Waals surface area contributed by atoms with Crippen molar-refractivity contribution < 1.29 is 9.47 Å². The molecule has 1 atom stereocenters. The molecule has 2 rings (SSSR count). The molecule has 0 saturated heterocycles. The van der Waals surface area contributed by atoms with E-state index in [9.17, 15) is 0 Å². The molecule has 18 heavy (non-hydrogen) atoms. The molecule has 0 bridgehead atoms. The van der Waals surface area contributed by atoms with Crippen molar-refractivity contribution in [2.45, 2.75) is 11.8 Å². The monoisotopic (exact) mass is 282 g/mol. The van der Waals surface area contributed by atoms with Crippen molar-refractivity contribution in [1.82, 2.24) is 0 Å². The van der Waals surface area contributed by atoms with Crippen LogP contribution in [0.2, 0.25) is 0 Å². The SMILES string of the molecule is COc1cc(OC)cc(C(Cl)Cc2cccs2)c1. The van der Waals surface area contributed by atoms with Gasteiger partial charge in [0.15, 0.2) is 0 Å². The van der Waals surface area contributed by atoms with Crippen molar-refractivity contribution in [2.75, 3.05) is 14.2 Å². The van der Waals surface area contributed by atoms with E-state index in [4.69, 9.17) is 21.1 Å². The molecule has 1 aromatic carbocycles. The lowest BCUT2D eigenvalue weighted by molar-refractivity contribution is 0.393. The standard InChI is InChI=1S/C14H15ClO2S/c1-16-11-6-10(7-12(8-11)17-2)14(15)9-13-4-3-5-18-13/h3-8,14H,9H2,1-2H3. The highest BCUT2D eigenvalue weighted by molar-refractivity contribution is 7.09. The Morgan fingerprint density at radius 3 is 2.33 bits per heavy atom. The Morgan fingerprint density at radius 1 is 1.17 bits per heavy atom. The lowest BCUT2D eigenvalue weighted by Gasteiger charge is -2.12. The molecule has 0 fully saturated rings. The summed E-state index contributed by atoms with van der Waals surface area (Å²) in [4.78, 5) is 1.27. The van der Waals surface area contributed by atoms with Gasteiger partial charge in [-0.25, -0.2) is 0 Å². The minimum Gasteiger partial charge on any atom is -0.497 e. The van der Waals surface area contributed by atoms with E-state index in [1.807, 2.05) is 24.3 Å². The highest BCUT2D eigenvalue weighted by atomic mass is 35.5. The fourth-order valence-electron chi connectivity index (χ4n) is 1.73. The third-order valence-corrected chi connectivity index (χ3v) is 4.00. The summed E-state index contributed by atoms with van der Waals surface area (Å²) in [6.07, 6.45) is 0.815. The summed E-state index contributed by atoms with van der Waals surface area (Å²) >= 11 is 8.17. The normalized spacial score (nSPS) is 12.2. The van der Waals surface area contributed by atoms with Gasteiger partial charge in [0, 0.05) is 17.4 Å². The molecular weight excluding hydrogens is 268 g/mol. The molecule has 96 valence electrons. The van der Waals surface area contributed by atoms with Gasteiger partial charge in [0.1, 0.15) is 11.5 Å². The summed E-state index contributed by atoms with van der Waals surface area (Å²) in [5.41, 5.74) is 1.02. The molecule has 2 aromatic rings. The lowest BCUT2D eigenvalue weighted by Crippen LogP contribution is -1.96. The first-order valence-electron chi connectivity index (χ1n) is 5.62. The third kappa shape index (κ3) is 3.18. The topological polar surface area (TPSA) is 18.5 Å². The van der Waals surface area contributed by atoms with Crippen LogP contribution >= 0.6 is 22.9 Å². The molecule has 1 heterocycles. The van der Waals surface area contributed by atoms with Crippen LogP contribution in [0.15, 0.2) is 35.7 Å². The van der Waals surface area contributed by atoms with E-state index < -0.39 is 0 Å². The van der Waals surface area contributed by atoms with E-state index in [-0.39, 0.29) is 5.38 Å². The number of methoxy groups -OCH3 is 2. The zero-order valence-corrected chi connectivity index (χ0v) is 11.9. The molecule has 2 nitrogen and oxygen atoms in total. The average Bonchev–Trinajstić information content (AvgIpc) is 2.90. The second kappa shape index (κ2) is 6.12. The number of rotatable bonds is 5. The summed E-state index contributed by atoms with van der Waals surface area (Å²) in [5.74, 6) is 1.53. The first-order valence-corrected chi connectivity index (χ1v) is 6.94. The number of halogens is 1. The number of ether oxygens (including phenoxy) is 2. The molecule has 0 radical (unpaired) electrons. The van der Waals surface area contributed by atoms with Crippen LogP contribution in [0.3, 0.4) is 0 Å². The van der Waals surface area contributed by atoms with Crippen LogP contribution in [0.4, 0.5) is 0 Å². The number of alkyl halides is 1. The van der Waals surface area contributed by atoms with Crippen molar-refractivity contribution in [3.05, 3.63) is 46.2 Å². The molecule has 0 N–H and O–H groups in total. The van der Waals surface area contributed by atoms with Crippen LogP contribution in [0.1, 0.15) is 15.8 Å². The highest BCUT2D eigenvalue weighted by Crippen LogP contribution is 2.32. The second-order valence-corrected chi connectivity index (χ2v) is 5.46. The third-order valence-electron chi connectivity index (χ3n) is 2.70. The Hall–Kier alpha value is -1.19. The second-order valence-electron chi connectivity index (χ2n) is 3.90. The van der Waals surface area contributed by atoms with E-state index in [0.29, 0.717) is 0 Å². The van der Waals surface area contributed by atoms with Gasteiger partial charge in [-0.2, -0.15) is 0 Å². The Kier molecular flexibility index (Phi) is 4.50. The number of thiophene rings is 1. The van der Waals surface area contributed by atoms with E-state index in [1.54, 1.807) is 25.6 Å². The van der Waals surface area contributed by atoms with Crippen LogP contribution in [0, 0.1) is 0 Å². The summed E-state index contributed by atoms with van der Waals surface area (Å²) in [7, 11) is 3.28. The minimum absolute atomic E-state index is 0.0763. The molecule has 0 amide bonds. The predicted octanol–water partition coefficient (Wildman–Crippen LogP) is 4.29. The van der Waals surface area contributed by atoms with Crippen LogP contribution < -0.4 is 9.47 Å². The summed E-state index contributed by atoms with van der Waals surface area (Å²) in [6, 6.07) is 9.88. The summed E-state index contributed by atoms with van der Waals surface area (Å²) < 4.78 is 10.5. The molecule has 0 aliphatic heterocycles. The van der Waals surface area contributed by atoms with Crippen molar-refractivity contribution in [3.63, 3.8) is 0 Å². The van der Waals surface area contributed by atoms with E-state index >= 15 is 0 Å². The molecule has 1 aromatic heterocycles. The van der Waals surface area contributed by atoms with Gasteiger partial charge >= 0.3 is 0 Å². The Morgan fingerprint density at radius 2 is 1.83 bits per heavy atom. The zero-order valence-electron chi connectivity index (χ0n) is 10.4. The van der Waals surface area contributed by atoms with Gasteiger partial charge in [-0.1, -0.05) is 6.07 Å². The first-order chi connectivity index (χ1) is 8.72. The quantitative estimate of drug-likeness (QED) is 0.762. The maximum Gasteiger partial charge on any atom is 0.122 e. The van der Waals surface area contributed by atoms with Crippen LogP contribution in [0.5, 0.6) is 11.5 Å². The van der Waals surface area contributed by atoms with Gasteiger partial charge in [0.2, 0.25) is 0 Å². The molecule has 0 aliphatic carbocycles. The lowest BCUT2D eigenvalue weighted by atomic mass is 10.1.